The molecule has 1 aromatic heterocycles. The smallest absolute Gasteiger partial charge is 0.239 e. The van der Waals surface area contributed by atoms with E-state index in [0.717, 1.165) is 21.7 Å². The maximum Gasteiger partial charge on any atom is 0.239 e. The highest BCUT2D eigenvalue weighted by atomic mass is 35.5. The van der Waals surface area contributed by atoms with Crippen LogP contribution in [0.25, 0.3) is 10.2 Å². The number of aromatic nitrogens is 1. The first-order chi connectivity index (χ1) is 12.9. The van der Waals surface area contributed by atoms with Crippen molar-refractivity contribution in [3.05, 3.63) is 52.5 Å². The zero-order chi connectivity index (χ0) is 19.4. The summed E-state index contributed by atoms with van der Waals surface area (Å²) in [6.45, 7) is 1.32. The minimum absolute atomic E-state index is 0. The molecule has 150 valence electrons. The van der Waals surface area contributed by atoms with Crippen molar-refractivity contribution >= 4 is 80.0 Å². The average Bonchev–Trinajstić information content (AvgIpc) is 3.06. The van der Waals surface area contributed by atoms with Crippen LogP contribution in [0.1, 0.15) is 0 Å². The SMILES string of the molecule is CN(C)CCN(C(=O)CSc1ccc(Cl)cc1)c1nc2c(Cl)cccc2s1.Cl. The largest absolute Gasteiger partial charge is 0.308 e. The van der Waals surface area contributed by atoms with Gasteiger partial charge in [0, 0.05) is 23.0 Å². The topological polar surface area (TPSA) is 36.4 Å². The van der Waals surface area contributed by atoms with Gasteiger partial charge in [-0.25, -0.2) is 4.98 Å². The van der Waals surface area contributed by atoms with E-state index in [1.54, 1.807) is 4.90 Å². The summed E-state index contributed by atoms with van der Waals surface area (Å²) in [4.78, 5) is 22.4. The Labute approximate surface area is 189 Å². The molecule has 28 heavy (non-hydrogen) atoms. The number of rotatable bonds is 7. The minimum Gasteiger partial charge on any atom is -0.308 e. The number of carbonyl (C=O) groups excluding carboxylic acids is 1. The first-order valence-corrected chi connectivity index (χ1v) is 10.9. The van der Waals surface area contributed by atoms with Crippen molar-refractivity contribution < 1.29 is 4.79 Å². The van der Waals surface area contributed by atoms with Gasteiger partial charge in [-0.1, -0.05) is 40.6 Å². The fourth-order valence-corrected chi connectivity index (χ4v) is 4.61. The van der Waals surface area contributed by atoms with Crippen molar-refractivity contribution in [2.24, 2.45) is 0 Å². The summed E-state index contributed by atoms with van der Waals surface area (Å²) in [5.74, 6) is 0.352. The lowest BCUT2D eigenvalue weighted by Crippen LogP contribution is -2.37. The standard InChI is InChI=1S/C19H19Cl2N3OS2.ClH/c1-23(2)10-11-24(17(25)12-26-14-8-6-13(20)7-9-14)19-22-18-15(21)4-3-5-16(18)27-19;/h3-9H,10-12H2,1-2H3;1H. The van der Waals surface area contributed by atoms with Gasteiger partial charge in [-0.15, -0.1) is 24.2 Å². The van der Waals surface area contributed by atoms with Crippen molar-refractivity contribution in [2.75, 3.05) is 37.8 Å². The molecule has 0 saturated heterocycles. The quantitative estimate of drug-likeness (QED) is 0.409. The van der Waals surface area contributed by atoms with Gasteiger partial charge in [-0.3, -0.25) is 9.69 Å². The predicted octanol–water partition coefficient (Wildman–Crippen LogP) is 5.71. The molecule has 0 radical (unpaired) electrons. The zero-order valence-electron chi connectivity index (χ0n) is 15.4. The molecule has 0 atom stereocenters. The third kappa shape index (κ3) is 5.99. The molecule has 3 aromatic rings. The van der Waals surface area contributed by atoms with Crippen LogP contribution < -0.4 is 4.90 Å². The van der Waals surface area contributed by atoms with Crippen LogP contribution in [0.15, 0.2) is 47.4 Å². The maximum absolute atomic E-state index is 13.0. The summed E-state index contributed by atoms with van der Waals surface area (Å²) >= 11 is 15.2. The van der Waals surface area contributed by atoms with Crippen LogP contribution in [0.5, 0.6) is 0 Å². The predicted molar refractivity (Wildman–Crippen MR) is 125 cm³/mol. The Morgan fingerprint density at radius 3 is 2.46 bits per heavy atom. The number of hydrogen-bond acceptors (Lipinski definition) is 5. The van der Waals surface area contributed by atoms with Crippen LogP contribution in [0.2, 0.25) is 10.0 Å². The van der Waals surface area contributed by atoms with E-state index in [1.165, 1.54) is 23.1 Å². The number of likely N-dealkylation sites (N-methyl/N-ethyl adjacent to an activating group) is 1. The molecule has 2 aromatic carbocycles. The Balaban J connectivity index is 0.00000280. The van der Waals surface area contributed by atoms with Gasteiger partial charge in [-0.05, 0) is 50.5 Å². The highest BCUT2D eigenvalue weighted by Gasteiger charge is 2.20. The molecule has 0 N–H and O–H groups in total. The number of amides is 1. The Bertz CT molecular complexity index is 932. The van der Waals surface area contributed by atoms with Crippen LogP contribution in [-0.4, -0.2) is 48.7 Å². The minimum atomic E-state index is 0. The molecule has 0 saturated carbocycles. The molecular formula is C19H20Cl3N3OS2. The molecule has 1 heterocycles. The number of fused-ring (bicyclic) bond motifs is 1. The number of hydrogen-bond donors (Lipinski definition) is 0. The second-order valence-electron chi connectivity index (χ2n) is 6.17. The van der Waals surface area contributed by atoms with Crippen molar-refractivity contribution in [1.82, 2.24) is 9.88 Å². The molecule has 0 fully saturated rings. The molecular weight excluding hydrogens is 457 g/mol. The number of carbonyl (C=O) groups is 1. The number of para-hydroxylation sites is 1. The van der Waals surface area contributed by atoms with Gasteiger partial charge in [0.05, 0.1) is 15.5 Å². The lowest BCUT2D eigenvalue weighted by molar-refractivity contribution is -0.116. The number of anilines is 1. The van der Waals surface area contributed by atoms with Gasteiger partial charge in [0.2, 0.25) is 5.91 Å². The molecule has 0 aliphatic carbocycles. The monoisotopic (exact) mass is 475 g/mol. The first kappa shape index (κ1) is 23.3. The van der Waals surface area contributed by atoms with Gasteiger partial charge >= 0.3 is 0 Å². The van der Waals surface area contributed by atoms with Crippen LogP contribution in [0, 0.1) is 0 Å². The van der Waals surface area contributed by atoms with Gasteiger partial charge in [-0.2, -0.15) is 0 Å². The average molecular weight is 477 g/mol. The second-order valence-corrected chi connectivity index (χ2v) is 9.08. The van der Waals surface area contributed by atoms with E-state index >= 15 is 0 Å². The third-order valence-electron chi connectivity index (χ3n) is 3.84. The van der Waals surface area contributed by atoms with Crippen LogP contribution in [0.4, 0.5) is 5.13 Å². The van der Waals surface area contributed by atoms with Gasteiger partial charge in [0.15, 0.2) is 5.13 Å². The van der Waals surface area contributed by atoms with E-state index < -0.39 is 0 Å². The van der Waals surface area contributed by atoms with E-state index in [9.17, 15) is 4.79 Å². The molecule has 0 aliphatic heterocycles. The molecule has 0 unspecified atom stereocenters. The Hall–Kier alpha value is -1.02. The van der Waals surface area contributed by atoms with E-state index in [4.69, 9.17) is 23.2 Å². The molecule has 1 amide bonds. The Morgan fingerprint density at radius 2 is 1.82 bits per heavy atom. The number of thiazole rings is 1. The van der Waals surface area contributed by atoms with Crippen LogP contribution in [0.3, 0.4) is 0 Å². The number of halogens is 3. The second kappa shape index (κ2) is 10.7. The van der Waals surface area contributed by atoms with Crippen LogP contribution >= 0.6 is 58.7 Å². The van der Waals surface area contributed by atoms with E-state index in [-0.39, 0.29) is 18.3 Å². The summed E-state index contributed by atoms with van der Waals surface area (Å²) in [6, 6.07) is 13.2. The van der Waals surface area contributed by atoms with Crippen LogP contribution in [-0.2, 0) is 4.79 Å². The van der Waals surface area contributed by atoms with E-state index in [1.807, 2.05) is 61.5 Å². The van der Waals surface area contributed by atoms with Gasteiger partial charge in [0.25, 0.3) is 0 Å². The Morgan fingerprint density at radius 1 is 1.11 bits per heavy atom. The highest BCUT2D eigenvalue weighted by molar-refractivity contribution is 8.00. The Kier molecular flexibility index (Phi) is 8.86. The fraction of sp³-hybridized carbons (Fsp3) is 0.263. The highest BCUT2D eigenvalue weighted by Crippen LogP contribution is 2.33. The van der Waals surface area contributed by atoms with E-state index in [2.05, 4.69) is 4.98 Å². The van der Waals surface area contributed by atoms with E-state index in [0.29, 0.717) is 27.5 Å². The van der Waals surface area contributed by atoms with Crippen molar-refractivity contribution in [1.29, 1.82) is 0 Å². The summed E-state index contributed by atoms with van der Waals surface area (Å²) in [7, 11) is 3.97. The molecule has 3 rings (SSSR count). The molecule has 4 nitrogen and oxygen atoms in total. The summed E-state index contributed by atoms with van der Waals surface area (Å²) in [5.41, 5.74) is 0.743. The molecule has 9 heteroatoms. The number of nitrogens with zero attached hydrogens (tertiary/aromatic N) is 3. The zero-order valence-corrected chi connectivity index (χ0v) is 19.4. The summed E-state index contributed by atoms with van der Waals surface area (Å²) in [5, 5.41) is 1.97. The maximum atomic E-state index is 13.0. The number of benzene rings is 2. The molecule has 0 aliphatic rings. The van der Waals surface area contributed by atoms with Gasteiger partial charge < -0.3 is 4.90 Å². The van der Waals surface area contributed by atoms with Crippen molar-refractivity contribution in [2.45, 2.75) is 4.90 Å². The lowest BCUT2D eigenvalue weighted by atomic mass is 10.3. The third-order valence-corrected chi connectivity index (χ3v) is 6.43. The normalized spacial score (nSPS) is 10.9. The summed E-state index contributed by atoms with van der Waals surface area (Å²) < 4.78 is 0.977. The van der Waals surface area contributed by atoms with Crippen molar-refractivity contribution in [3.8, 4) is 0 Å². The summed E-state index contributed by atoms with van der Waals surface area (Å²) in [6.07, 6.45) is 0. The molecule has 0 spiro atoms. The molecule has 0 bridgehead atoms. The number of thioether (sulfide) groups is 1. The first-order valence-electron chi connectivity index (χ1n) is 8.32. The van der Waals surface area contributed by atoms with Crippen molar-refractivity contribution in [3.63, 3.8) is 0 Å². The fourth-order valence-electron chi connectivity index (χ4n) is 2.40. The lowest BCUT2D eigenvalue weighted by Gasteiger charge is -2.21. The van der Waals surface area contributed by atoms with Gasteiger partial charge in [0.1, 0.15) is 5.52 Å².